The van der Waals surface area contributed by atoms with Crippen LogP contribution in [0.25, 0.3) is 0 Å². The highest BCUT2D eigenvalue weighted by atomic mass is 16.1. The Kier molecular flexibility index (Phi) is 2.28. The maximum atomic E-state index is 11.1. The van der Waals surface area contributed by atoms with Gasteiger partial charge in [0.25, 0.3) is 0 Å². The molecule has 2 nitrogen and oxygen atoms in total. The van der Waals surface area contributed by atoms with E-state index < -0.39 is 0 Å². The van der Waals surface area contributed by atoms with Crippen molar-refractivity contribution in [3.63, 3.8) is 0 Å². The van der Waals surface area contributed by atoms with Crippen LogP contribution in [0.4, 0.5) is 5.69 Å². The zero-order valence-corrected chi connectivity index (χ0v) is 8.71. The summed E-state index contributed by atoms with van der Waals surface area (Å²) in [6, 6.07) is 6.38. The first-order valence-electron chi connectivity index (χ1n) is 5.01. The lowest BCUT2D eigenvalue weighted by molar-refractivity contribution is -0.116. The summed E-state index contributed by atoms with van der Waals surface area (Å²) < 4.78 is 0. The number of anilines is 1. The molecule has 0 N–H and O–H groups in total. The largest absolute Gasteiger partial charge is 0.364 e. The average Bonchev–Trinajstić information content (AvgIpc) is 2.57. The molecule has 1 aliphatic heterocycles. The molecule has 14 heavy (non-hydrogen) atoms. The van der Waals surface area contributed by atoms with Crippen molar-refractivity contribution in [1.29, 1.82) is 0 Å². The van der Waals surface area contributed by atoms with Gasteiger partial charge in [0.2, 0.25) is 0 Å². The van der Waals surface area contributed by atoms with Crippen molar-refractivity contribution in [1.82, 2.24) is 0 Å². The third-order valence-corrected chi connectivity index (χ3v) is 2.88. The molecule has 0 amide bonds. The molecule has 0 unspecified atom stereocenters. The van der Waals surface area contributed by atoms with Gasteiger partial charge in [0.05, 0.1) is 6.54 Å². The highest BCUT2D eigenvalue weighted by Crippen LogP contribution is 2.21. The minimum atomic E-state index is 0.350. The van der Waals surface area contributed by atoms with Crippen LogP contribution in [0, 0.1) is 13.8 Å². The smallest absolute Gasteiger partial charge is 0.153 e. The second-order valence-electron chi connectivity index (χ2n) is 3.98. The molecule has 0 aliphatic carbocycles. The van der Waals surface area contributed by atoms with Crippen molar-refractivity contribution >= 4 is 11.5 Å². The number of carbonyl (C=O) groups excluding carboxylic acids is 1. The number of hydrogen-bond acceptors (Lipinski definition) is 2. The molecule has 1 aromatic rings. The number of benzene rings is 1. The van der Waals surface area contributed by atoms with E-state index in [0.717, 1.165) is 6.54 Å². The van der Waals surface area contributed by atoms with E-state index >= 15 is 0 Å². The van der Waals surface area contributed by atoms with Crippen LogP contribution >= 0.6 is 0 Å². The zero-order chi connectivity index (χ0) is 10.1. The normalized spacial score (nSPS) is 16.4. The van der Waals surface area contributed by atoms with Crippen LogP contribution in [0.15, 0.2) is 18.2 Å². The second-order valence-corrected chi connectivity index (χ2v) is 3.98. The molecule has 1 aliphatic rings. The van der Waals surface area contributed by atoms with E-state index in [1.807, 2.05) is 0 Å². The van der Waals surface area contributed by atoms with Crippen LogP contribution in [-0.2, 0) is 4.79 Å². The van der Waals surface area contributed by atoms with Crippen molar-refractivity contribution in [2.45, 2.75) is 20.3 Å². The summed E-state index contributed by atoms with van der Waals surface area (Å²) in [5, 5.41) is 0. The van der Waals surface area contributed by atoms with Crippen molar-refractivity contribution < 1.29 is 4.79 Å². The quantitative estimate of drug-likeness (QED) is 0.674. The summed E-state index contributed by atoms with van der Waals surface area (Å²) in [5.74, 6) is 0.350. The molecule has 0 bridgehead atoms. The molecular formula is C12H15NO. The molecule has 1 aromatic carbocycles. The van der Waals surface area contributed by atoms with E-state index in [2.05, 4.69) is 36.9 Å². The fourth-order valence-electron chi connectivity index (χ4n) is 1.77. The number of hydrogen-bond donors (Lipinski definition) is 0. The molecule has 2 rings (SSSR count). The number of Topliss-reactive ketones (excluding diaryl/α,β-unsaturated/α-hetero) is 1. The summed E-state index contributed by atoms with van der Waals surface area (Å²) in [6.45, 7) is 5.68. The van der Waals surface area contributed by atoms with Crippen LogP contribution < -0.4 is 4.90 Å². The fourth-order valence-corrected chi connectivity index (χ4v) is 1.77. The van der Waals surface area contributed by atoms with Gasteiger partial charge in [-0.05, 0) is 37.1 Å². The lowest BCUT2D eigenvalue weighted by Gasteiger charge is -2.17. The minimum absolute atomic E-state index is 0.350. The maximum Gasteiger partial charge on any atom is 0.153 e. The number of carbonyl (C=O) groups is 1. The SMILES string of the molecule is Cc1ccc(N2CCC(=O)C2)cc1C. The molecule has 1 fully saturated rings. The molecule has 1 saturated heterocycles. The Hall–Kier alpha value is -1.31. The summed E-state index contributed by atoms with van der Waals surface area (Å²) in [7, 11) is 0. The first-order chi connectivity index (χ1) is 6.66. The molecule has 0 radical (unpaired) electrons. The molecule has 0 aromatic heterocycles. The predicted octanol–water partition coefficient (Wildman–Crippen LogP) is 2.08. The lowest BCUT2D eigenvalue weighted by atomic mass is 10.1. The summed E-state index contributed by atoms with van der Waals surface area (Å²) in [4.78, 5) is 13.3. The molecule has 2 heteroatoms. The van der Waals surface area contributed by atoms with Gasteiger partial charge in [0.1, 0.15) is 0 Å². The van der Waals surface area contributed by atoms with Crippen LogP contribution in [0.2, 0.25) is 0 Å². The van der Waals surface area contributed by atoms with E-state index in [4.69, 9.17) is 0 Å². The highest BCUT2D eigenvalue weighted by molar-refractivity contribution is 5.87. The summed E-state index contributed by atoms with van der Waals surface area (Å²) in [6.07, 6.45) is 0.701. The van der Waals surface area contributed by atoms with Gasteiger partial charge >= 0.3 is 0 Å². The van der Waals surface area contributed by atoms with Gasteiger partial charge in [0, 0.05) is 18.7 Å². The maximum absolute atomic E-state index is 11.1. The number of nitrogens with zero attached hydrogens (tertiary/aromatic N) is 1. The summed E-state index contributed by atoms with van der Waals surface area (Å²) in [5.41, 5.74) is 3.78. The second kappa shape index (κ2) is 3.45. The van der Waals surface area contributed by atoms with Gasteiger partial charge in [0.15, 0.2) is 5.78 Å². The average molecular weight is 189 g/mol. The van der Waals surface area contributed by atoms with E-state index in [0.29, 0.717) is 18.7 Å². The third-order valence-electron chi connectivity index (χ3n) is 2.88. The van der Waals surface area contributed by atoms with E-state index in [1.165, 1.54) is 16.8 Å². The molecule has 0 saturated carbocycles. The number of ketones is 1. The van der Waals surface area contributed by atoms with Gasteiger partial charge < -0.3 is 4.90 Å². The van der Waals surface area contributed by atoms with Gasteiger partial charge in [-0.15, -0.1) is 0 Å². The van der Waals surface area contributed by atoms with Gasteiger partial charge in [-0.25, -0.2) is 0 Å². The Balaban J connectivity index is 2.24. The zero-order valence-electron chi connectivity index (χ0n) is 8.71. The van der Waals surface area contributed by atoms with Crippen molar-refractivity contribution in [3.8, 4) is 0 Å². The third kappa shape index (κ3) is 1.65. The molecular weight excluding hydrogens is 174 g/mol. The van der Waals surface area contributed by atoms with E-state index in [-0.39, 0.29) is 0 Å². The van der Waals surface area contributed by atoms with Gasteiger partial charge in [-0.2, -0.15) is 0 Å². The van der Waals surface area contributed by atoms with Gasteiger partial charge in [-0.1, -0.05) is 6.07 Å². The number of rotatable bonds is 1. The predicted molar refractivity (Wildman–Crippen MR) is 57.8 cm³/mol. The van der Waals surface area contributed by atoms with Gasteiger partial charge in [-0.3, -0.25) is 4.79 Å². The van der Waals surface area contributed by atoms with E-state index in [9.17, 15) is 4.79 Å². The Morgan fingerprint density at radius 1 is 1.21 bits per heavy atom. The fraction of sp³-hybridized carbons (Fsp3) is 0.417. The molecule has 74 valence electrons. The van der Waals surface area contributed by atoms with E-state index in [1.54, 1.807) is 0 Å². The minimum Gasteiger partial charge on any atom is -0.364 e. The molecule has 0 spiro atoms. The Labute approximate surface area is 84.5 Å². The van der Waals surface area contributed by atoms with Crippen LogP contribution in [-0.4, -0.2) is 18.9 Å². The van der Waals surface area contributed by atoms with Crippen molar-refractivity contribution in [3.05, 3.63) is 29.3 Å². The first-order valence-corrected chi connectivity index (χ1v) is 5.01. The number of aryl methyl sites for hydroxylation is 2. The lowest BCUT2D eigenvalue weighted by Crippen LogP contribution is -2.19. The Bertz CT molecular complexity index is 371. The standard InChI is InChI=1S/C12H15NO/c1-9-3-4-11(7-10(9)2)13-6-5-12(14)8-13/h3-4,7H,5-6,8H2,1-2H3. The topological polar surface area (TPSA) is 20.3 Å². The Morgan fingerprint density at radius 3 is 2.57 bits per heavy atom. The van der Waals surface area contributed by atoms with Crippen LogP contribution in [0.5, 0.6) is 0 Å². The Morgan fingerprint density at radius 2 is 2.00 bits per heavy atom. The molecule has 0 atom stereocenters. The highest BCUT2D eigenvalue weighted by Gasteiger charge is 2.19. The molecule has 1 heterocycles. The first kappa shape index (κ1) is 9.25. The summed E-state index contributed by atoms with van der Waals surface area (Å²) >= 11 is 0. The monoisotopic (exact) mass is 189 g/mol. The van der Waals surface area contributed by atoms with Crippen molar-refractivity contribution in [2.75, 3.05) is 18.0 Å². The van der Waals surface area contributed by atoms with Crippen LogP contribution in [0.3, 0.4) is 0 Å². The van der Waals surface area contributed by atoms with Crippen molar-refractivity contribution in [2.24, 2.45) is 0 Å². The van der Waals surface area contributed by atoms with Crippen LogP contribution in [0.1, 0.15) is 17.5 Å².